The lowest BCUT2D eigenvalue weighted by molar-refractivity contribution is 0.409. The molecule has 0 aliphatic carbocycles. The molecule has 0 radical (unpaired) electrons. The van der Waals surface area contributed by atoms with Crippen molar-refractivity contribution in [3.63, 3.8) is 0 Å². The van der Waals surface area contributed by atoms with Crippen LogP contribution in [0.2, 0.25) is 0 Å². The number of methoxy groups -OCH3 is 1. The number of nitrogens with zero attached hydrogens (tertiary/aromatic N) is 2. The van der Waals surface area contributed by atoms with Gasteiger partial charge >= 0.3 is 0 Å². The number of rotatable bonds is 4. The zero-order valence-corrected chi connectivity index (χ0v) is 13.4. The second-order valence-corrected chi connectivity index (χ2v) is 5.52. The molecule has 0 spiro atoms. The molecule has 3 nitrogen and oxygen atoms in total. The van der Waals surface area contributed by atoms with Crippen LogP contribution in [-0.2, 0) is 19.9 Å². The van der Waals surface area contributed by atoms with E-state index in [2.05, 4.69) is 51.6 Å². The van der Waals surface area contributed by atoms with Gasteiger partial charge in [0.25, 0.3) is 0 Å². The molecular formula is C15H19BrN2O. The number of benzene rings is 1. The van der Waals surface area contributed by atoms with Crippen molar-refractivity contribution >= 4 is 15.9 Å². The molecule has 1 aromatic heterocycles. The fourth-order valence-electron chi connectivity index (χ4n) is 2.24. The highest BCUT2D eigenvalue weighted by Gasteiger charge is 2.11. The van der Waals surface area contributed by atoms with Gasteiger partial charge in [0, 0.05) is 7.05 Å². The number of aromatic nitrogens is 2. The summed E-state index contributed by atoms with van der Waals surface area (Å²) in [4.78, 5) is 4.43. The van der Waals surface area contributed by atoms with E-state index < -0.39 is 0 Å². The van der Waals surface area contributed by atoms with Crippen molar-refractivity contribution in [3.8, 4) is 5.75 Å². The van der Waals surface area contributed by atoms with Gasteiger partial charge in [0.05, 0.1) is 12.8 Å². The molecule has 1 heterocycles. The quantitative estimate of drug-likeness (QED) is 0.860. The largest absolute Gasteiger partial charge is 0.496 e. The van der Waals surface area contributed by atoms with Crippen LogP contribution in [-0.4, -0.2) is 16.7 Å². The van der Waals surface area contributed by atoms with Crippen LogP contribution in [0.3, 0.4) is 0 Å². The average Bonchev–Trinajstić information content (AvgIpc) is 2.61. The molecule has 0 unspecified atom stereocenters. The monoisotopic (exact) mass is 322 g/mol. The molecule has 0 fully saturated rings. The lowest BCUT2D eigenvalue weighted by Crippen LogP contribution is -2.02. The Balaban J connectivity index is 2.21. The summed E-state index contributed by atoms with van der Waals surface area (Å²) in [6.07, 6.45) is 1.89. The summed E-state index contributed by atoms with van der Waals surface area (Å²) in [5, 5.41) is 0. The first-order valence-electron chi connectivity index (χ1n) is 6.34. The zero-order chi connectivity index (χ0) is 14.0. The van der Waals surface area contributed by atoms with E-state index in [0.717, 1.165) is 29.0 Å². The van der Waals surface area contributed by atoms with Gasteiger partial charge in [-0.3, -0.25) is 0 Å². The van der Waals surface area contributed by atoms with Crippen LogP contribution in [0.15, 0.2) is 22.8 Å². The molecule has 1 aromatic carbocycles. The molecule has 0 aliphatic heterocycles. The highest BCUT2D eigenvalue weighted by molar-refractivity contribution is 9.10. The zero-order valence-electron chi connectivity index (χ0n) is 11.8. The Bertz CT molecular complexity index is 590. The fraction of sp³-hybridized carbons (Fsp3) is 0.400. The summed E-state index contributed by atoms with van der Waals surface area (Å²) in [6, 6.07) is 6.30. The minimum Gasteiger partial charge on any atom is -0.496 e. The second-order valence-electron chi connectivity index (χ2n) is 4.77. The normalized spacial score (nSPS) is 10.8. The Kier molecular flexibility index (Phi) is 4.30. The summed E-state index contributed by atoms with van der Waals surface area (Å²) < 4.78 is 8.50. The number of aryl methyl sites for hydroxylation is 3. The van der Waals surface area contributed by atoms with Crippen molar-refractivity contribution in [2.24, 2.45) is 7.05 Å². The Labute approximate surface area is 122 Å². The van der Waals surface area contributed by atoms with Crippen molar-refractivity contribution in [2.75, 3.05) is 7.11 Å². The van der Waals surface area contributed by atoms with Crippen molar-refractivity contribution in [1.29, 1.82) is 0 Å². The van der Waals surface area contributed by atoms with E-state index in [-0.39, 0.29) is 0 Å². The Morgan fingerprint density at radius 1 is 1.26 bits per heavy atom. The lowest BCUT2D eigenvalue weighted by atomic mass is 10.0. The van der Waals surface area contributed by atoms with Gasteiger partial charge < -0.3 is 9.30 Å². The molecular weight excluding hydrogens is 304 g/mol. The van der Waals surface area contributed by atoms with E-state index in [1.54, 1.807) is 7.11 Å². The highest BCUT2D eigenvalue weighted by Crippen LogP contribution is 2.24. The Morgan fingerprint density at radius 3 is 2.58 bits per heavy atom. The van der Waals surface area contributed by atoms with E-state index >= 15 is 0 Å². The molecule has 19 heavy (non-hydrogen) atoms. The maximum Gasteiger partial charge on any atom is 0.127 e. The summed E-state index contributed by atoms with van der Waals surface area (Å²) in [6.45, 7) is 4.12. The molecule has 4 heteroatoms. The van der Waals surface area contributed by atoms with Gasteiger partial charge in [-0.15, -0.1) is 0 Å². The SMILES string of the molecule is COc1ccc(C)cc1CCc1c(Br)nc(C)n1C. The Morgan fingerprint density at radius 2 is 2.00 bits per heavy atom. The van der Waals surface area contributed by atoms with Gasteiger partial charge in [-0.05, 0) is 54.2 Å². The predicted molar refractivity (Wildman–Crippen MR) is 80.8 cm³/mol. The first kappa shape index (κ1) is 14.1. The fourth-order valence-corrected chi connectivity index (χ4v) is 2.96. The van der Waals surface area contributed by atoms with Crippen molar-refractivity contribution < 1.29 is 4.74 Å². The van der Waals surface area contributed by atoms with Crippen LogP contribution in [0.1, 0.15) is 22.6 Å². The Hall–Kier alpha value is -1.29. The minimum atomic E-state index is 0.942. The standard InChI is InChI=1S/C15H19BrN2O/c1-10-5-8-14(19-4)12(9-10)6-7-13-15(16)17-11(2)18(13)3/h5,8-9H,6-7H2,1-4H3. The average molecular weight is 323 g/mol. The van der Waals surface area contributed by atoms with Gasteiger partial charge in [0.2, 0.25) is 0 Å². The maximum absolute atomic E-state index is 5.42. The molecule has 0 aliphatic rings. The van der Waals surface area contributed by atoms with Crippen LogP contribution >= 0.6 is 15.9 Å². The smallest absolute Gasteiger partial charge is 0.127 e. The van der Waals surface area contributed by atoms with E-state index in [9.17, 15) is 0 Å². The van der Waals surface area contributed by atoms with E-state index in [1.165, 1.54) is 16.8 Å². The molecule has 0 amide bonds. The topological polar surface area (TPSA) is 27.1 Å². The van der Waals surface area contributed by atoms with Gasteiger partial charge in [-0.1, -0.05) is 17.7 Å². The van der Waals surface area contributed by atoms with E-state index in [1.807, 2.05) is 13.0 Å². The molecule has 2 aromatic rings. The van der Waals surface area contributed by atoms with Gasteiger partial charge in [-0.2, -0.15) is 0 Å². The predicted octanol–water partition coefficient (Wildman–Crippen LogP) is 3.59. The van der Waals surface area contributed by atoms with Crippen LogP contribution < -0.4 is 4.74 Å². The summed E-state index contributed by atoms with van der Waals surface area (Å²) in [5.41, 5.74) is 3.73. The van der Waals surface area contributed by atoms with Gasteiger partial charge in [0.1, 0.15) is 16.2 Å². The van der Waals surface area contributed by atoms with Crippen molar-refractivity contribution in [3.05, 3.63) is 45.4 Å². The first-order chi connectivity index (χ1) is 9.02. The number of hydrogen-bond donors (Lipinski definition) is 0. The van der Waals surface area contributed by atoms with Crippen LogP contribution in [0, 0.1) is 13.8 Å². The highest BCUT2D eigenvalue weighted by atomic mass is 79.9. The first-order valence-corrected chi connectivity index (χ1v) is 7.13. The molecule has 0 saturated heterocycles. The molecule has 0 atom stereocenters. The van der Waals surface area contributed by atoms with Gasteiger partial charge in [-0.25, -0.2) is 4.98 Å². The molecule has 0 bridgehead atoms. The summed E-state index contributed by atoms with van der Waals surface area (Å²) in [7, 11) is 3.77. The minimum absolute atomic E-state index is 0.942. The van der Waals surface area contributed by atoms with E-state index in [0.29, 0.717) is 0 Å². The van der Waals surface area contributed by atoms with Crippen molar-refractivity contribution in [1.82, 2.24) is 9.55 Å². The third-order valence-corrected chi connectivity index (χ3v) is 4.09. The molecule has 0 saturated carbocycles. The maximum atomic E-state index is 5.42. The van der Waals surface area contributed by atoms with Gasteiger partial charge in [0.15, 0.2) is 0 Å². The summed E-state index contributed by atoms with van der Waals surface area (Å²) in [5.74, 6) is 1.98. The number of ether oxygens (including phenoxy) is 1. The molecule has 0 N–H and O–H groups in total. The van der Waals surface area contributed by atoms with E-state index in [4.69, 9.17) is 4.74 Å². The molecule has 102 valence electrons. The van der Waals surface area contributed by atoms with Crippen LogP contribution in [0.5, 0.6) is 5.75 Å². The second kappa shape index (κ2) is 5.78. The lowest BCUT2D eigenvalue weighted by Gasteiger charge is -2.10. The number of hydrogen-bond acceptors (Lipinski definition) is 2. The van der Waals surface area contributed by atoms with Crippen LogP contribution in [0.25, 0.3) is 0 Å². The molecule has 2 rings (SSSR count). The third kappa shape index (κ3) is 3.00. The number of imidazole rings is 1. The third-order valence-electron chi connectivity index (χ3n) is 3.46. The number of halogens is 1. The summed E-state index contributed by atoms with van der Waals surface area (Å²) >= 11 is 3.53. The van der Waals surface area contributed by atoms with Crippen LogP contribution in [0.4, 0.5) is 0 Å². The van der Waals surface area contributed by atoms with Crippen molar-refractivity contribution in [2.45, 2.75) is 26.7 Å².